The molecule has 3 rings (SSSR count). The molecule has 212 valence electrons. The van der Waals surface area contributed by atoms with E-state index in [0.717, 1.165) is 11.1 Å². The number of nitrogens with one attached hydrogen (secondary N) is 1. The zero-order valence-electron chi connectivity index (χ0n) is 23.5. The lowest BCUT2D eigenvalue weighted by Crippen LogP contribution is -2.58. The van der Waals surface area contributed by atoms with Crippen LogP contribution in [-0.2, 0) is 33.9 Å². The molecule has 0 spiro atoms. The summed E-state index contributed by atoms with van der Waals surface area (Å²) in [6.07, 6.45) is 0.503. The van der Waals surface area contributed by atoms with E-state index in [2.05, 4.69) is 9.62 Å². The molecule has 0 aromatic heterocycles. The Morgan fingerprint density at radius 3 is 1.67 bits per heavy atom. The highest BCUT2D eigenvalue weighted by Crippen LogP contribution is 2.29. The Morgan fingerprint density at radius 1 is 0.821 bits per heavy atom. The molecule has 0 amide bonds. The largest absolute Gasteiger partial charge is 0.290 e. The molecule has 0 radical (unpaired) electrons. The molecule has 5 nitrogen and oxygen atoms in total. The van der Waals surface area contributed by atoms with Crippen LogP contribution in [0.1, 0.15) is 52.2 Å². The molecule has 0 fully saturated rings. The van der Waals surface area contributed by atoms with E-state index in [1.54, 1.807) is 39.0 Å². The van der Waals surface area contributed by atoms with Crippen LogP contribution in [0.15, 0.2) is 95.9 Å². The Hall–Kier alpha value is -2.39. The summed E-state index contributed by atoms with van der Waals surface area (Å²) >= 11 is 0. The molecule has 1 N–H and O–H groups in total. The number of alkyl halides is 1. The fourth-order valence-electron chi connectivity index (χ4n) is 4.47. The number of hydrogen-bond donors (Lipinski definition) is 1. The van der Waals surface area contributed by atoms with Crippen LogP contribution in [0.5, 0.6) is 0 Å². The van der Waals surface area contributed by atoms with E-state index in [4.69, 9.17) is 0 Å². The number of rotatable bonds is 13. The summed E-state index contributed by atoms with van der Waals surface area (Å²) in [5.41, 5.74) is -0.262. The molecule has 0 saturated carbocycles. The molecule has 0 aliphatic heterocycles. The second-order valence-corrected chi connectivity index (χ2v) is 15.3. The lowest BCUT2D eigenvalue weighted by atomic mass is 9.95. The second-order valence-electron chi connectivity index (χ2n) is 11.3. The average Bonchev–Trinajstić information content (AvgIpc) is 2.90. The van der Waals surface area contributed by atoms with E-state index in [0.29, 0.717) is 19.5 Å². The van der Waals surface area contributed by atoms with E-state index in [9.17, 15) is 12.6 Å². The van der Waals surface area contributed by atoms with Crippen LogP contribution < -0.4 is 4.72 Å². The summed E-state index contributed by atoms with van der Waals surface area (Å²) in [6.45, 7) is 10.4. The highest BCUT2D eigenvalue weighted by atomic mass is 32.2. The van der Waals surface area contributed by atoms with Crippen LogP contribution in [0.3, 0.4) is 0 Å². The summed E-state index contributed by atoms with van der Waals surface area (Å²) in [5.74, 6) is 0.128. The SMILES string of the molecule is CC(C)C[C@@H]([C@H](N[S@](=O)C(C)(C)C)[C@H](F)S(=O)(=O)c1ccccc1)N(Cc1ccccc1)Cc1ccccc1. The van der Waals surface area contributed by atoms with Crippen molar-refractivity contribution in [1.82, 2.24) is 9.62 Å². The Bertz CT molecular complexity index is 1240. The smallest absolute Gasteiger partial charge is 0.222 e. The highest BCUT2D eigenvalue weighted by Gasteiger charge is 2.43. The van der Waals surface area contributed by atoms with E-state index >= 15 is 4.39 Å². The molecule has 0 aliphatic carbocycles. The van der Waals surface area contributed by atoms with Crippen molar-refractivity contribution in [1.29, 1.82) is 0 Å². The van der Waals surface area contributed by atoms with Gasteiger partial charge >= 0.3 is 0 Å². The Balaban J connectivity index is 2.13. The molecule has 0 bridgehead atoms. The zero-order chi connectivity index (χ0) is 28.6. The Morgan fingerprint density at radius 2 is 1.26 bits per heavy atom. The highest BCUT2D eigenvalue weighted by molar-refractivity contribution is 7.92. The topological polar surface area (TPSA) is 66.5 Å². The van der Waals surface area contributed by atoms with Crippen LogP contribution in [0.2, 0.25) is 0 Å². The van der Waals surface area contributed by atoms with Gasteiger partial charge in [0.2, 0.25) is 15.3 Å². The van der Waals surface area contributed by atoms with Crippen molar-refractivity contribution >= 4 is 20.8 Å². The van der Waals surface area contributed by atoms with E-state index in [-0.39, 0.29) is 10.8 Å². The number of sulfone groups is 1. The maximum absolute atomic E-state index is 16.6. The number of halogens is 1. The van der Waals surface area contributed by atoms with Gasteiger partial charge in [0.15, 0.2) is 0 Å². The summed E-state index contributed by atoms with van der Waals surface area (Å²) < 4.78 is 59.4. The Labute approximate surface area is 236 Å². The van der Waals surface area contributed by atoms with Gasteiger partial charge in [0.05, 0.1) is 26.7 Å². The molecule has 0 heterocycles. The molecular weight excluding hydrogens is 531 g/mol. The summed E-state index contributed by atoms with van der Waals surface area (Å²) in [5, 5.41) is 0. The van der Waals surface area contributed by atoms with E-state index in [1.807, 2.05) is 74.5 Å². The molecule has 0 saturated heterocycles. The van der Waals surface area contributed by atoms with Gasteiger partial charge < -0.3 is 0 Å². The Kier molecular flexibility index (Phi) is 11.0. The molecule has 39 heavy (non-hydrogen) atoms. The van der Waals surface area contributed by atoms with Crippen molar-refractivity contribution in [2.45, 2.75) is 81.4 Å². The van der Waals surface area contributed by atoms with Gasteiger partial charge in [-0.05, 0) is 56.4 Å². The van der Waals surface area contributed by atoms with Crippen molar-refractivity contribution < 1.29 is 17.0 Å². The summed E-state index contributed by atoms with van der Waals surface area (Å²) in [4.78, 5) is 2.03. The third kappa shape index (κ3) is 8.80. The second kappa shape index (κ2) is 13.8. The zero-order valence-corrected chi connectivity index (χ0v) is 25.1. The van der Waals surface area contributed by atoms with Crippen molar-refractivity contribution in [2.24, 2.45) is 5.92 Å². The van der Waals surface area contributed by atoms with Gasteiger partial charge in [0, 0.05) is 19.1 Å². The first-order valence-electron chi connectivity index (χ1n) is 13.3. The minimum atomic E-state index is -4.38. The predicted octanol–water partition coefficient (Wildman–Crippen LogP) is 6.29. The first kappa shape index (κ1) is 31.1. The fourth-order valence-corrected chi connectivity index (χ4v) is 6.87. The standard InChI is InChI=1S/C31H41FN2O3S2/c1-24(2)21-28(34(22-25-15-9-6-10-16-25)23-26-17-11-7-12-18-26)29(33-38(35)31(3,4)5)30(32)39(36,37)27-19-13-8-14-20-27/h6-20,24,28-30,33H,21-23H2,1-5H3/t28-,29-,30+,38+/m0/s1. The minimum Gasteiger partial charge on any atom is -0.290 e. The molecule has 0 unspecified atom stereocenters. The van der Waals surface area contributed by atoms with Gasteiger partial charge in [-0.15, -0.1) is 0 Å². The van der Waals surface area contributed by atoms with Crippen molar-refractivity contribution in [3.8, 4) is 0 Å². The van der Waals surface area contributed by atoms with E-state index in [1.165, 1.54) is 12.1 Å². The monoisotopic (exact) mass is 572 g/mol. The van der Waals surface area contributed by atoms with Gasteiger partial charge in [-0.2, -0.15) is 0 Å². The van der Waals surface area contributed by atoms with Gasteiger partial charge in [-0.3, -0.25) is 4.90 Å². The first-order valence-corrected chi connectivity index (χ1v) is 16.0. The van der Waals surface area contributed by atoms with Crippen LogP contribution in [0.25, 0.3) is 0 Å². The lowest BCUT2D eigenvalue weighted by Gasteiger charge is -2.40. The predicted molar refractivity (Wildman–Crippen MR) is 159 cm³/mol. The number of benzene rings is 3. The molecule has 3 aromatic rings. The number of hydrogen-bond acceptors (Lipinski definition) is 4. The van der Waals surface area contributed by atoms with Gasteiger partial charge in [0.25, 0.3) is 0 Å². The number of nitrogens with zero attached hydrogens (tertiary/aromatic N) is 1. The lowest BCUT2D eigenvalue weighted by molar-refractivity contribution is 0.109. The first-order chi connectivity index (χ1) is 18.4. The van der Waals surface area contributed by atoms with Gasteiger partial charge in [0.1, 0.15) is 0 Å². The fraction of sp³-hybridized carbons (Fsp3) is 0.419. The van der Waals surface area contributed by atoms with Crippen molar-refractivity contribution in [2.75, 3.05) is 0 Å². The van der Waals surface area contributed by atoms with Crippen LogP contribution in [-0.4, -0.2) is 39.9 Å². The average molecular weight is 573 g/mol. The normalized spacial score (nSPS) is 15.7. The maximum atomic E-state index is 16.6. The molecule has 8 heteroatoms. The van der Waals surface area contributed by atoms with Crippen LogP contribution >= 0.6 is 0 Å². The van der Waals surface area contributed by atoms with Crippen LogP contribution in [0.4, 0.5) is 4.39 Å². The third-order valence-electron chi connectivity index (χ3n) is 6.50. The summed E-state index contributed by atoms with van der Waals surface area (Å²) in [7, 11) is -6.08. The van der Waals surface area contributed by atoms with Crippen LogP contribution in [0, 0.1) is 5.92 Å². The molecule has 3 aromatic carbocycles. The van der Waals surface area contributed by atoms with Crippen molar-refractivity contribution in [3.05, 3.63) is 102 Å². The van der Waals surface area contributed by atoms with E-state index < -0.39 is 43.2 Å². The molecular formula is C31H41FN2O3S2. The minimum absolute atomic E-state index is 0.0909. The molecule has 4 atom stereocenters. The third-order valence-corrected chi connectivity index (χ3v) is 9.92. The van der Waals surface area contributed by atoms with Gasteiger partial charge in [-0.1, -0.05) is 92.7 Å². The van der Waals surface area contributed by atoms with Gasteiger partial charge in [-0.25, -0.2) is 21.7 Å². The maximum Gasteiger partial charge on any atom is 0.222 e. The quantitative estimate of drug-likeness (QED) is 0.261. The molecule has 0 aliphatic rings. The van der Waals surface area contributed by atoms with Crippen molar-refractivity contribution in [3.63, 3.8) is 0 Å². The summed E-state index contributed by atoms with van der Waals surface area (Å²) in [6, 6.07) is 25.6.